The highest BCUT2D eigenvalue weighted by Crippen LogP contribution is 2.22. The molecule has 19 heavy (non-hydrogen) atoms. The Morgan fingerprint density at radius 1 is 1.26 bits per heavy atom. The largest absolute Gasteiger partial charge is 0.402 e. The van der Waals surface area contributed by atoms with Gasteiger partial charge in [-0.15, -0.1) is 11.3 Å². The molecule has 2 aromatic rings. The van der Waals surface area contributed by atoms with Gasteiger partial charge < -0.3 is 4.74 Å². The van der Waals surface area contributed by atoms with E-state index >= 15 is 0 Å². The maximum absolute atomic E-state index is 11.8. The first-order chi connectivity index (χ1) is 9.22. The number of hydrogen-bond donors (Lipinski definition) is 0. The van der Waals surface area contributed by atoms with Crippen molar-refractivity contribution in [1.82, 2.24) is 0 Å². The number of benzene rings is 1. The molecule has 0 atom stereocenters. The van der Waals surface area contributed by atoms with Crippen LogP contribution in [0.3, 0.4) is 0 Å². The van der Waals surface area contributed by atoms with Crippen LogP contribution in [0.5, 0.6) is 0 Å². The van der Waals surface area contributed by atoms with Crippen LogP contribution in [0.1, 0.15) is 10.4 Å². The van der Waals surface area contributed by atoms with Crippen LogP contribution in [0.4, 0.5) is 0 Å². The maximum atomic E-state index is 11.8. The lowest BCUT2D eigenvalue weighted by Gasteiger charge is -1.99. The molecule has 0 saturated heterocycles. The smallest absolute Gasteiger partial charge is 0.363 e. The average molecular weight is 334 g/mol. The van der Waals surface area contributed by atoms with Crippen molar-refractivity contribution in [3.05, 3.63) is 62.4 Å². The van der Waals surface area contributed by atoms with E-state index in [4.69, 9.17) is 4.74 Å². The SMILES string of the molecule is O=C1OC(c2cccc(Br)c2)=N/C1=C\c1cccs1. The van der Waals surface area contributed by atoms with Gasteiger partial charge in [-0.3, -0.25) is 0 Å². The van der Waals surface area contributed by atoms with Crippen LogP contribution < -0.4 is 0 Å². The molecule has 0 aliphatic carbocycles. The zero-order valence-corrected chi connectivity index (χ0v) is 12.1. The fraction of sp³-hybridized carbons (Fsp3) is 0. The molecule has 1 aromatic carbocycles. The van der Waals surface area contributed by atoms with Gasteiger partial charge in [0.25, 0.3) is 0 Å². The standard InChI is InChI=1S/C14H8BrNO2S/c15-10-4-1-3-9(7-10)13-16-12(14(17)18-13)8-11-5-2-6-19-11/h1-8H/b12-8-. The molecule has 1 aromatic heterocycles. The Labute approximate surface area is 122 Å². The van der Waals surface area contributed by atoms with E-state index in [2.05, 4.69) is 20.9 Å². The van der Waals surface area contributed by atoms with Crippen LogP contribution in [0.15, 0.2) is 56.9 Å². The molecule has 2 heterocycles. The van der Waals surface area contributed by atoms with Gasteiger partial charge in [0.1, 0.15) is 0 Å². The number of cyclic esters (lactones) is 1. The van der Waals surface area contributed by atoms with Gasteiger partial charge in [0.05, 0.1) is 0 Å². The summed E-state index contributed by atoms with van der Waals surface area (Å²) in [4.78, 5) is 17.0. The van der Waals surface area contributed by atoms with Gasteiger partial charge in [0.15, 0.2) is 5.70 Å². The molecule has 0 spiro atoms. The Morgan fingerprint density at radius 2 is 2.16 bits per heavy atom. The number of aliphatic imine (C=N–C) groups is 1. The van der Waals surface area contributed by atoms with Gasteiger partial charge in [-0.1, -0.05) is 28.1 Å². The van der Waals surface area contributed by atoms with Crippen molar-refractivity contribution in [3.8, 4) is 0 Å². The summed E-state index contributed by atoms with van der Waals surface area (Å²) in [5, 5.41) is 1.95. The second kappa shape index (κ2) is 5.11. The highest BCUT2D eigenvalue weighted by atomic mass is 79.9. The quantitative estimate of drug-likeness (QED) is 0.618. The van der Waals surface area contributed by atoms with Crippen LogP contribution in [0.25, 0.3) is 6.08 Å². The van der Waals surface area contributed by atoms with Gasteiger partial charge in [-0.25, -0.2) is 9.79 Å². The summed E-state index contributed by atoms with van der Waals surface area (Å²) in [5.74, 6) is -0.0718. The number of halogens is 1. The lowest BCUT2D eigenvalue weighted by Crippen LogP contribution is -2.05. The van der Waals surface area contributed by atoms with E-state index in [1.54, 1.807) is 17.4 Å². The second-order valence-electron chi connectivity index (χ2n) is 3.86. The van der Waals surface area contributed by atoms with E-state index in [1.807, 2.05) is 41.8 Å². The Kier molecular flexibility index (Phi) is 3.31. The van der Waals surface area contributed by atoms with E-state index in [1.165, 1.54) is 0 Å². The Bertz CT molecular complexity index is 689. The molecule has 0 saturated carbocycles. The summed E-state index contributed by atoms with van der Waals surface area (Å²) in [6, 6.07) is 11.3. The van der Waals surface area contributed by atoms with Crippen molar-refractivity contribution in [3.63, 3.8) is 0 Å². The summed E-state index contributed by atoms with van der Waals surface area (Å²) in [7, 11) is 0. The van der Waals surface area contributed by atoms with Crippen molar-refractivity contribution in [2.45, 2.75) is 0 Å². The summed E-state index contributed by atoms with van der Waals surface area (Å²) in [5.41, 5.74) is 1.11. The molecule has 5 heteroatoms. The lowest BCUT2D eigenvalue weighted by molar-refractivity contribution is -0.129. The number of thiophene rings is 1. The summed E-state index contributed by atoms with van der Waals surface area (Å²) in [6.45, 7) is 0. The number of rotatable bonds is 2. The first-order valence-electron chi connectivity index (χ1n) is 5.54. The zero-order valence-electron chi connectivity index (χ0n) is 9.67. The average Bonchev–Trinajstić information content (AvgIpc) is 3.01. The van der Waals surface area contributed by atoms with E-state index in [9.17, 15) is 4.79 Å². The highest BCUT2D eigenvalue weighted by Gasteiger charge is 2.24. The summed E-state index contributed by atoms with van der Waals surface area (Å²) in [6.07, 6.45) is 1.73. The monoisotopic (exact) mass is 333 g/mol. The number of nitrogens with zero attached hydrogens (tertiary/aromatic N) is 1. The number of hydrogen-bond acceptors (Lipinski definition) is 4. The van der Waals surface area contributed by atoms with Crippen LogP contribution in [0.2, 0.25) is 0 Å². The second-order valence-corrected chi connectivity index (χ2v) is 5.76. The molecule has 0 N–H and O–H groups in total. The van der Waals surface area contributed by atoms with Gasteiger partial charge in [0.2, 0.25) is 5.90 Å². The fourth-order valence-electron chi connectivity index (χ4n) is 1.66. The molecule has 0 fully saturated rings. The van der Waals surface area contributed by atoms with Crippen molar-refractivity contribution in [2.75, 3.05) is 0 Å². The normalized spacial score (nSPS) is 16.6. The van der Waals surface area contributed by atoms with Crippen LogP contribution in [-0.2, 0) is 9.53 Å². The first kappa shape index (κ1) is 12.3. The maximum Gasteiger partial charge on any atom is 0.363 e. The van der Waals surface area contributed by atoms with Gasteiger partial charge in [0, 0.05) is 14.9 Å². The Balaban J connectivity index is 1.95. The van der Waals surface area contributed by atoms with Gasteiger partial charge >= 0.3 is 5.97 Å². The van der Waals surface area contributed by atoms with Gasteiger partial charge in [-0.05, 0) is 35.7 Å². The molecule has 0 bridgehead atoms. The van der Waals surface area contributed by atoms with Crippen molar-refractivity contribution >= 4 is 45.2 Å². The predicted molar refractivity (Wildman–Crippen MR) is 79.1 cm³/mol. The van der Waals surface area contributed by atoms with E-state index in [0.29, 0.717) is 11.6 Å². The molecule has 3 nitrogen and oxygen atoms in total. The third-order valence-electron chi connectivity index (χ3n) is 2.51. The summed E-state index contributed by atoms with van der Waals surface area (Å²) < 4.78 is 6.11. The van der Waals surface area contributed by atoms with Gasteiger partial charge in [-0.2, -0.15) is 0 Å². The van der Waals surface area contributed by atoms with Crippen LogP contribution in [0, 0.1) is 0 Å². The first-order valence-corrected chi connectivity index (χ1v) is 7.22. The van der Waals surface area contributed by atoms with E-state index in [-0.39, 0.29) is 0 Å². The highest BCUT2D eigenvalue weighted by molar-refractivity contribution is 9.10. The molecular weight excluding hydrogens is 326 g/mol. The van der Waals surface area contributed by atoms with Crippen LogP contribution >= 0.6 is 27.3 Å². The zero-order chi connectivity index (χ0) is 13.2. The lowest BCUT2D eigenvalue weighted by atomic mass is 10.2. The number of carbonyl (C=O) groups excluding carboxylic acids is 1. The van der Waals surface area contributed by atoms with E-state index in [0.717, 1.165) is 14.9 Å². The van der Waals surface area contributed by atoms with Crippen molar-refractivity contribution in [1.29, 1.82) is 0 Å². The molecule has 0 unspecified atom stereocenters. The van der Waals surface area contributed by atoms with E-state index < -0.39 is 5.97 Å². The Hall–Kier alpha value is -1.72. The molecule has 1 aliphatic heterocycles. The minimum absolute atomic E-state index is 0.331. The Morgan fingerprint density at radius 3 is 2.89 bits per heavy atom. The molecule has 94 valence electrons. The molecule has 0 radical (unpaired) electrons. The third kappa shape index (κ3) is 2.67. The van der Waals surface area contributed by atoms with Crippen LogP contribution in [-0.4, -0.2) is 11.9 Å². The number of esters is 1. The topological polar surface area (TPSA) is 38.7 Å². The third-order valence-corrected chi connectivity index (χ3v) is 3.83. The van der Waals surface area contributed by atoms with Crippen molar-refractivity contribution in [2.24, 2.45) is 4.99 Å². The minimum Gasteiger partial charge on any atom is -0.402 e. The molecule has 1 aliphatic rings. The fourth-order valence-corrected chi connectivity index (χ4v) is 2.71. The molecule has 0 amide bonds. The van der Waals surface area contributed by atoms with Crippen molar-refractivity contribution < 1.29 is 9.53 Å². The predicted octanol–water partition coefficient (Wildman–Crippen LogP) is 3.86. The molecule has 3 rings (SSSR count). The molecular formula is C14H8BrNO2S. The summed E-state index contributed by atoms with van der Waals surface area (Å²) >= 11 is 4.93. The number of ether oxygens (including phenoxy) is 1. The number of carbonyl (C=O) groups is 1. The minimum atomic E-state index is -0.414.